The van der Waals surface area contributed by atoms with Gasteiger partial charge in [-0.1, -0.05) is 18.2 Å². The van der Waals surface area contributed by atoms with Crippen molar-refractivity contribution in [3.8, 4) is 5.75 Å². The number of benzene rings is 1. The van der Waals surface area contributed by atoms with Gasteiger partial charge in [0.1, 0.15) is 5.75 Å². The van der Waals surface area contributed by atoms with E-state index >= 15 is 0 Å². The average Bonchev–Trinajstić information content (AvgIpc) is 2.59. The Morgan fingerprint density at radius 3 is 2.40 bits per heavy atom. The van der Waals surface area contributed by atoms with Crippen LogP contribution in [0, 0.1) is 17.8 Å². The molecule has 4 bridgehead atoms. The van der Waals surface area contributed by atoms with Gasteiger partial charge < -0.3 is 19.9 Å². The summed E-state index contributed by atoms with van der Waals surface area (Å²) < 4.78 is 11.1. The minimum Gasteiger partial charge on any atom is -0.496 e. The predicted octanol–water partition coefficient (Wildman–Crippen LogP) is 3.13. The van der Waals surface area contributed by atoms with Crippen LogP contribution >= 0.6 is 0 Å². The Kier molecular flexibility index (Phi) is 5.03. The van der Waals surface area contributed by atoms with Crippen molar-refractivity contribution in [1.82, 2.24) is 5.32 Å². The van der Waals surface area contributed by atoms with Crippen LogP contribution in [-0.2, 0) is 11.3 Å². The van der Waals surface area contributed by atoms with Crippen molar-refractivity contribution in [3.05, 3.63) is 29.8 Å². The number of aliphatic hydroxyl groups is 1. The van der Waals surface area contributed by atoms with E-state index in [2.05, 4.69) is 5.32 Å². The van der Waals surface area contributed by atoms with Gasteiger partial charge in [0.15, 0.2) is 0 Å². The van der Waals surface area contributed by atoms with E-state index in [0.717, 1.165) is 29.1 Å². The predicted molar refractivity (Wildman–Crippen MR) is 97.6 cm³/mol. The molecule has 0 spiro atoms. The summed E-state index contributed by atoms with van der Waals surface area (Å²) in [5.74, 6) is 3.62. The Balaban J connectivity index is 1.23. The van der Waals surface area contributed by atoms with Crippen LogP contribution in [0.15, 0.2) is 24.3 Å². The zero-order valence-corrected chi connectivity index (χ0v) is 15.2. The van der Waals surface area contributed by atoms with Crippen LogP contribution in [0.2, 0.25) is 0 Å². The number of rotatable bonds is 8. The number of hydrogen-bond donors (Lipinski definition) is 2. The van der Waals surface area contributed by atoms with Crippen LogP contribution in [0.4, 0.5) is 0 Å². The summed E-state index contributed by atoms with van der Waals surface area (Å²) in [7, 11) is 1.67. The Morgan fingerprint density at radius 2 is 1.76 bits per heavy atom. The highest BCUT2D eigenvalue weighted by Crippen LogP contribution is 2.55. The van der Waals surface area contributed by atoms with Gasteiger partial charge in [-0.3, -0.25) is 0 Å². The first kappa shape index (κ1) is 17.3. The number of nitrogens with one attached hydrogen (secondary N) is 1. The van der Waals surface area contributed by atoms with Gasteiger partial charge in [-0.2, -0.15) is 0 Å². The van der Waals surface area contributed by atoms with Crippen LogP contribution < -0.4 is 10.1 Å². The third-order valence-electron chi connectivity index (χ3n) is 6.51. The van der Waals surface area contributed by atoms with E-state index in [0.29, 0.717) is 25.3 Å². The first-order valence-corrected chi connectivity index (χ1v) is 9.78. The highest BCUT2D eigenvalue weighted by Gasteiger charge is 2.50. The molecule has 1 aromatic carbocycles. The molecule has 4 aliphatic rings. The third kappa shape index (κ3) is 3.86. The van der Waals surface area contributed by atoms with Crippen molar-refractivity contribution in [2.45, 2.75) is 56.8 Å². The summed E-state index contributed by atoms with van der Waals surface area (Å²) in [6, 6.07) is 7.86. The molecule has 0 heterocycles. The van der Waals surface area contributed by atoms with E-state index in [1.165, 1.54) is 38.5 Å². The van der Waals surface area contributed by atoms with Gasteiger partial charge in [-0.25, -0.2) is 0 Å². The first-order valence-electron chi connectivity index (χ1n) is 9.78. The molecule has 4 aliphatic carbocycles. The molecule has 2 N–H and O–H groups in total. The van der Waals surface area contributed by atoms with Crippen LogP contribution in [-0.4, -0.2) is 37.0 Å². The molecule has 1 aromatic rings. The van der Waals surface area contributed by atoms with Crippen molar-refractivity contribution >= 4 is 0 Å². The second kappa shape index (κ2) is 7.26. The van der Waals surface area contributed by atoms with E-state index in [1.807, 2.05) is 24.3 Å². The van der Waals surface area contributed by atoms with Gasteiger partial charge >= 0.3 is 0 Å². The minimum atomic E-state index is -0.456. The second-order valence-electron chi connectivity index (χ2n) is 8.56. The van der Waals surface area contributed by atoms with Crippen LogP contribution in [0.3, 0.4) is 0 Å². The van der Waals surface area contributed by atoms with E-state index in [4.69, 9.17) is 9.47 Å². The largest absolute Gasteiger partial charge is 0.496 e. The number of β-amino-alcohol motifs (C(OH)–C–C–N with tert-alkyl or cyclic N) is 1. The van der Waals surface area contributed by atoms with Crippen LogP contribution in [0.1, 0.15) is 44.1 Å². The summed E-state index contributed by atoms with van der Waals surface area (Å²) in [4.78, 5) is 0. The zero-order valence-electron chi connectivity index (χ0n) is 15.2. The molecule has 4 fully saturated rings. The summed E-state index contributed by atoms with van der Waals surface area (Å²) >= 11 is 0. The maximum atomic E-state index is 10.3. The Bertz CT molecular complexity index is 553. The fourth-order valence-corrected chi connectivity index (χ4v) is 5.85. The van der Waals surface area contributed by atoms with Crippen molar-refractivity contribution in [2.24, 2.45) is 17.8 Å². The summed E-state index contributed by atoms with van der Waals surface area (Å²) in [5, 5.41) is 14.1. The van der Waals surface area contributed by atoms with Gasteiger partial charge in [-0.15, -0.1) is 0 Å². The van der Waals surface area contributed by atoms with E-state index in [-0.39, 0.29) is 0 Å². The molecule has 4 heteroatoms. The molecular formula is C21H31NO3. The lowest BCUT2D eigenvalue weighted by atomic mass is 9.53. The van der Waals surface area contributed by atoms with Crippen molar-refractivity contribution in [1.29, 1.82) is 0 Å². The van der Waals surface area contributed by atoms with E-state index in [9.17, 15) is 5.11 Å². The molecule has 0 aliphatic heterocycles. The number of aliphatic hydroxyl groups excluding tert-OH is 1. The van der Waals surface area contributed by atoms with Crippen molar-refractivity contribution in [3.63, 3.8) is 0 Å². The smallest absolute Gasteiger partial charge is 0.124 e. The number of ether oxygens (including phenoxy) is 2. The zero-order chi connectivity index (χ0) is 17.3. The Labute approximate surface area is 150 Å². The molecule has 0 aromatic heterocycles. The lowest BCUT2D eigenvalue weighted by molar-refractivity contribution is -0.0318. The monoisotopic (exact) mass is 345 g/mol. The van der Waals surface area contributed by atoms with E-state index in [1.54, 1.807) is 7.11 Å². The molecule has 0 saturated heterocycles. The number of hydrogen-bond acceptors (Lipinski definition) is 4. The molecule has 4 saturated carbocycles. The van der Waals surface area contributed by atoms with Crippen molar-refractivity contribution < 1.29 is 14.6 Å². The normalized spacial score (nSPS) is 34.2. The highest BCUT2D eigenvalue weighted by molar-refractivity contribution is 5.32. The van der Waals surface area contributed by atoms with Gasteiger partial charge in [0.2, 0.25) is 0 Å². The summed E-state index contributed by atoms with van der Waals surface area (Å²) in [6.45, 7) is 1.47. The fraction of sp³-hybridized carbons (Fsp3) is 0.714. The molecule has 25 heavy (non-hydrogen) atoms. The highest BCUT2D eigenvalue weighted by atomic mass is 16.5. The van der Waals surface area contributed by atoms with Gasteiger partial charge in [0.05, 0.1) is 26.4 Å². The molecule has 5 rings (SSSR count). The maximum Gasteiger partial charge on any atom is 0.124 e. The topological polar surface area (TPSA) is 50.7 Å². The lowest BCUT2D eigenvalue weighted by Gasteiger charge is -2.57. The van der Waals surface area contributed by atoms with E-state index < -0.39 is 6.10 Å². The third-order valence-corrected chi connectivity index (χ3v) is 6.51. The molecule has 0 amide bonds. The molecule has 138 valence electrons. The Morgan fingerprint density at radius 1 is 1.12 bits per heavy atom. The van der Waals surface area contributed by atoms with Crippen LogP contribution in [0.25, 0.3) is 0 Å². The number of methoxy groups -OCH3 is 1. The van der Waals surface area contributed by atoms with Gasteiger partial charge in [-0.05, 0) is 62.3 Å². The molecule has 1 atom stereocenters. The number of para-hydroxylation sites is 1. The molecule has 4 nitrogen and oxygen atoms in total. The minimum absolute atomic E-state index is 0.304. The van der Waals surface area contributed by atoms with Crippen molar-refractivity contribution in [2.75, 3.05) is 20.3 Å². The summed E-state index contributed by atoms with van der Waals surface area (Å²) in [6.07, 6.45) is 7.83. The average molecular weight is 345 g/mol. The summed E-state index contributed by atoms with van der Waals surface area (Å²) in [5.41, 5.74) is 1.32. The fourth-order valence-electron chi connectivity index (χ4n) is 5.85. The standard InChI is InChI=1S/C21H31NO3/c1-24-20-5-3-2-4-18(20)13-25-14-19(23)12-22-21-9-15-6-16(10-21)8-17(7-15)11-21/h2-5,15-17,19,22-23H,6-14H2,1H3. The SMILES string of the molecule is COc1ccccc1COCC(O)CNC12CC3CC(CC(C3)C1)C2. The van der Waals surface area contributed by atoms with Crippen LogP contribution in [0.5, 0.6) is 5.75 Å². The molecule has 0 radical (unpaired) electrons. The first-order chi connectivity index (χ1) is 12.2. The molecule has 1 unspecified atom stereocenters. The maximum absolute atomic E-state index is 10.3. The van der Waals surface area contributed by atoms with Gasteiger partial charge in [0, 0.05) is 17.6 Å². The quantitative estimate of drug-likeness (QED) is 0.760. The van der Waals surface area contributed by atoms with Gasteiger partial charge in [0.25, 0.3) is 0 Å². The Hall–Kier alpha value is -1.10. The molecular weight excluding hydrogens is 314 g/mol. The second-order valence-corrected chi connectivity index (χ2v) is 8.56. The lowest BCUT2D eigenvalue weighted by Crippen LogP contribution is -2.59.